The van der Waals surface area contributed by atoms with E-state index in [1.54, 1.807) is 0 Å². The Hall–Kier alpha value is -1.88. The summed E-state index contributed by atoms with van der Waals surface area (Å²) in [5.41, 5.74) is 2.42. The summed E-state index contributed by atoms with van der Waals surface area (Å²) in [6.45, 7) is 6.98. The highest BCUT2D eigenvalue weighted by Crippen LogP contribution is 2.16. The number of rotatable bonds is 11. The number of aliphatic hydroxyl groups excluding tert-OH is 1. The van der Waals surface area contributed by atoms with Crippen molar-refractivity contribution in [1.29, 1.82) is 0 Å². The van der Waals surface area contributed by atoms with Gasteiger partial charge in [0.05, 0.1) is 0 Å². The van der Waals surface area contributed by atoms with Gasteiger partial charge in [-0.2, -0.15) is 0 Å². The summed E-state index contributed by atoms with van der Waals surface area (Å²) in [4.78, 5) is 2.32. The zero-order valence-corrected chi connectivity index (χ0v) is 16.2. The van der Waals surface area contributed by atoms with Gasteiger partial charge in [0.2, 0.25) is 0 Å². The molecule has 2 unspecified atom stereocenters. The van der Waals surface area contributed by atoms with Gasteiger partial charge in [0.1, 0.15) is 18.5 Å². The molecule has 0 aliphatic carbocycles. The van der Waals surface area contributed by atoms with Crippen LogP contribution in [-0.2, 0) is 6.54 Å². The first-order chi connectivity index (χ1) is 12.5. The van der Waals surface area contributed by atoms with E-state index in [0.717, 1.165) is 30.8 Å². The van der Waals surface area contributed by atoms with Crippen LogP contribution in [0.15, 0.2) is 54.6 Å². The van der Waals surface area contributed by atoms with E-state index in [2.05, 4.69) is 48.5 Å². The minimum Gasteiger partial charge on any atom is -0.491 e. The molecule has 2 rings (SSSR count). The van der Waals surface area contributed by atoms with Crippen molar-refractivity contribution in [3.05, 3.63) is 65.7 Å². The molecule has 2 N–H and O–H groups in total. The molecule has 0 saturated heterocycles. The van der Waals surface area contributed by atoms with E-state index in [1.165, 1.54) is 5.56 Å². The SMILES string of the molecule is Cc1ccccc1OCC(O)CNC(C)CCN(C)Cc1ccccc1. The fourth-order valence-electron chi connectivity index (χ4n) is 2.79. The maximum absolute atomic E-state index is 10.1. The summed E-state index contributed by atoms with van der Waals surface area (Å²) in [7, 11) is 2.14. The smallest absolute Gasteiger partial charge is 0.122 e. The summed E-state index contributed by atoms with van der Waals surface area (Å²) in [6, 6.07) is 18.7. The van der Waals surface area contributed by atoms with Gasteiger partial charge < -0.3 is 20.1 Å². The van der Waals surface area contributed by atoms with Gasteiger partial charge in [-0.1, -0.05) is 48.5 Å². The van der Waals surface area contributed by atoms with Gasteiger partial charge in [0.25, 0.3) is 0 Å². The number of aryl methyl sites for hydroxylation is 1. The van der Waals surface area contributed by atoms with Crippen LogP contribution in [0, 0.1) is 6.92 Å². The molecule has 0 aliphatic rings. The quantitative estimate of drug-likeness (QED) is 0.649. The monoisotopic (exact) mass is 356 g/mol. The van der Waals surface area contributed by atoms with Crippen LogP contribution in [0.5, 0.6) is 5.75 Å². The standard InChI is InChI=1S/C22H32N2O2/c1-18-9-7-8-12-22(18)26-17-21(25)15-23-19(2)13-14-24(3)16-20-10-5-4-6-11-20/h4-12,19,21,23,25H,13-17H2,1-3H3. The van der Waals surface area contributed by atoms with Crippen molar-refractivity contribution in [2.75, 3.05) is 26.7 Å². The number of nitrogens with one attached hydrogen (secondary N) is 1. The molecule has 0 spiro atoms. The predicted molar refractivity (Wildman–Crippen MR) is 108 cm³/mol. The third-order valence-electron chi connectivity index (χ3n) is 4.47. The lowest BCUT2D eigenvalue weighted by atomic mass is 10.2. The fourth-order valence-corrected chi connectivity index (χ4v) is 2.79. The van der Waals surface area contributed by atoms with Gasteiger partial charge in [0, 0.05) is 19.1 Å². The van der Waals surface area contributed by atoms with E-state index in [4.69, 9.17) is 4.74 Å². The third kappa shape index (κ3) is 7.56. The lowest BCUT2D eigenvalue weighted by Crippen LogP contribution is -2.38. The zero-order chi connectivity index (χ0) is 18.8. The number of hydrogen-bond donors (Lipinski definition) is 2. The molecule has 142 valence electrons. The second-order valence-corrected chi connectivity index (χ2v) is 7.05. The Bertz CT molecular complexity index is 633. The van der Waals surface area contributed by atoms with E-state index >= 15 is 0 Å². The third-order valence-corrected chi connectivity index (χ3v) is 4.47. The van der Waals surface area contributed by atoms with Crippen LogP contribution in [-0.4, -0.2) is 48.9 Å². The molecule has 0 radical (unpaired) electrons. The highest BCUT2D eigenvalue weighted by atomic mass is 16.5. The van der Waals surface area contributed by atoms with Crippen LogP contribution in [0.2, 0.25) is 0 Å². The van der Waals surface area contributed by atoms with Gasteiger partial charge in [0.15, 0.2) is 0 Å². The highest BCUT2D eigenvalue weighted by Gasteiger charge is 2.10. The number of hydrogen-bond acceptors (Lipinski definition) is 4. The van der Waals surface area contributed by atoms with Crippen LogP contribution in [0.25, 0.3) is 0 Å². The topological polar surface area (TPSA) is 44.7 Å². The number of nitrogens with zero attached hydrogens (tertiary/aromatic N) is 1. The molecular weight excluding hydrogens is 324 g/mol. The molecule has 0 fully saturated rings. The van der Waals surface area contributed by atoms with Gasteiger partial charge >= 0.3 is 0 Å². The van der Waals surface area contributed by atoms with Crippen LogP contribution >= 0.6 is 0 Å². The van der Waals surface area contributed by atoms with Crippen molar-refractivity contribution in [2.24, 2.45) is 0 Å². The van der Waals surface area contributed by atoms with Crippen molar-refractivity contribution < 1.29 is 9.84 Å². The molecular formula is C22H32N2O2. The van der Waals surface area contributed by atoms with E-state index in [1.807, 2.05) is 37.3 Å². The van der Waals surface area contributed by atoms with E-state index in [-0.39, 0.29) is 0 Å². The second-order valence-electron chi connectivity index (χ2n) is 7.05. The Kier molecular flexibility index (Phi) is 8.62. The van der Waals surface area contributed by atoms with Gasteiger partial charge in [-0.3, -0.25) is 0 Å². The zero-order valence-electron chi connectivity index (χ0n) is 16.2. The molecule has 2 aromatic rings. The Balaban J connectivity index is 1.60. The number of benzene rings is 2. The average Bonchev–Trinajstić information content (AvgIpc) is 2.65. The summed E-state index contributed by atoms with van der Waals surface area (Å²) < 4.78 is 5.70. The summed E-state index contributed by atoms with van der Waals surface area (Å²) >= 11 is 0. The number of ether oxygens (including phenoxy) is 1. The van der Waals surface area contributed by atoms with E-state index in [9.17, 15) is 5.11 Å². The van der Waals surface area contributed by atoms with Crippen molar-refractivity contribution in [1.82, 2.24) is 10.2 Å². The van der Waals surface area contributed by atoms with Gasteiger partial charge in [-0.15, -0.1) is 0 Å². The molecule has 0 aromatic heterocycles. The molecule has 0 aliphatic heterocycles. The maximum Gasteiger partial charge on any atom is 0.122 e. The first kappa shape index (κ1) is 20.4. The maximum atomic E-state index is 10.1. The lowest BCUT2D eigenvalue weighted by molar-refractivity contribution is 0.103. The Labute approximate surface area is 157 Å². The lowest BCUT2D eigenvalue weighted by Gasteiger charge is -2.21. The fraction of sp³-hybridized carbons (Fsp3) is 0.455. The largest absolute Gasteiger partial charge is 0.491 e. The van der Waals surface area contributed by atoms with Crippen molar-refractivity contribution in [3.8, 4) is 5.75 Å². The summed E-state index contributed by atoms with van der Waals surface area (Å²) in [5.74, 6) is 0.835. The Morgan fingerprint density at radius 3 is 2.50 bits per heavy atom. The van der Waals surface area contributed by atoms with Gasteiger partial charge in [-0.25, -0.2) is 0 Å². The molecule has 2 atom stereocenters. The second kappa shape index (κ2) is 11.0. The minimum atomic E-state index is -0.515. The van der Waals surface area contributed by atoms with Crippen molar-refractivity contribution >= 4 is 0 Å². The minimum absolute atomic E-state index is 0.304. The normalized spacial score (nSPS) is 13.6. The van der Waals surface area contributed by atoms with E-state index < -0.39 is 6.10 Å². The highest BCUT2D eigenvalue weighted by molar-refractivity contribution is 5.31. The molecule has 0 heterocycles. The van der Waals surface area contributed by atoms with Crippen molar-refractivity contribution in [3.63, 3.8) is 0 Å². The van der Waals surface area contributed by atoms with Gasteiger partial charge in [-0.05, 0) is 51.1 Å². The summed E-state index contributed by atoms with van der Waals surface area (Å²) in [6.07, 6.45) is 0.522. The Morgan fingerprint density at radius 2 is 1.77 bits per heavy atom. The molecule has 0 saturated carbocycles. The van der Waals surface area contributed by atoms with Crippen molar-refractivity contribution in [2.45, 2.75) is 39.0 Å². The average molecular weight is 357 g/mol. The number of para-hydroxylation sites is 1. The molecule has 4 heteroatoms. The molecule has 0 bridgehead atoms. The molecule has 4 nitrogen and oxygen atoms in total. The molecule has 0 amide bonds. The number of aliphatic hydroxyl groups is 1. The first-order valence-corrected chi connectivity index (χ1v) is 9.37. The van der Waals surface area contributed by atoms with Crippen LogP contribution in [0.1, 0.15) is 24.5 Å². The predicted octanol–water partition coefficient (Wildman–Crippen LogP) is 3.23. The molecule has 26 heavy (non-hydrogen) atoms. The van der Waals surface area contributed by atoms with E-state index in [0.29, 0.717) is 19.2 Å². The van der Waals surface area contributed by atoms with Crippen LogP contribution in [0.3, 0.4) is 0 Å². The summed E-state index contributed by atoms with van der Waals surface area (Å²) in [5, 5.41) is 13.5. The molecule has 2 aromatic carbocycles. The first-order valence-electron chi connectivity index (χ1n) is 9.37. The van der Waals surface area contributed by atoms with Crippen LogP contribution in [0.4, 0.5) is 0 Å². The van der Waals surface area contributed by atoms with Crippen LogP contribution < -0.4 is 10.1 Å². The Morgan fingerprint density at radius 1 is 1.08 bits per heavy atom.